The highest BCUT2D eigenvalue weighted by molar-refractivity contribution is 6.27. The first-order valence-corrected chi connectivity index (χ1v) is 12.7. The Bertz CT molecular complexity index is 1200. The number of aliphatic carboxylic acids is 2. The Balaban J connectivity index is 0.000000631. The number of carbonyl (C=O) groups excluding carboxylic acids is 1. The standard InChI is InChI=1S/C28H32N2O3.C2H2O4/c1-32-26-12-10-22(11-13-26)19-29-28(31)25-14-16-30(17-15-25)20-24-8-5-9-27(18-24)33-21-23-6-3-2-4-7-23;3-1(4)2(5)6/h2-13,18,25H,14-17,19-21H2,1H3,(H,29,31);(H,3,4)(H,5,6). The number of benzene rings is 3. The summed E-state index contributed by atoms with van der Waals surface area (Å²) < 4.78 is 11.1. The first kappa shape index (κ1) is 29.2. The van der Waals surface area contributed by atoms with Crippen molar-refractivity contribution >= 4 is 17.8 Å². The second-order valence-electron chi connectivity index (χ2n) is 9.15. The maximum atomic E-state index is 12.6. The smallest absolute Gasteiger partial charge is 0.414 e. The van der Waals surface area contributed by atoms with Gasteiger partial charge in [0, 0.05) is 19.0 Å². The number of likely N-dealkylation sites (tertiary alicyclic amines) is 1. The maximum absolute atomic E-state index is 12.6. The van der Waals surface area contributed by atoms with Gasteiger partial charge in [-0.25, -0.2) is 9.59 Å². The molecule has 1 aliphatic heterocycles. The molecule has 0 atom stereocenters. The number of ether oxygens (including phenoxy) is 2. The van der Waals surface area contributed by atoms with Crippen LogP contribution in [0.4, 0.5) is 0 Å². The molecule has 3 N–H and O–H groups in total. The Kier molecular flexibility index (Phi) is 11.3. The normalized spacial score (nSPS) is 13.5. The van der Waals surface area contributed by atoms with Gasteiger partial charge >= 0.3 is 11.9 Å². The van der Waals surface area contributed by atoms with Crippen molar-refractivity contribution in [3.8, 4) is 11.5 Å². The zero-order valence-electron chi connectivity index (χ0n) is 21.9. The van der Waals surface area contributed by atoms with Gasteiger partial charge in [0.05, 0.1) is 7.11 Å². The predicted molar refractivity (Wildman–Crippen MR) is 145 cm³/mol. The van der Waals surface area contributed by atoms with Crippen LogP contribution in [0.15, 0.2) is 78.9 Å². The molecule has 3 aromatic carbocycles. The highest BCUT2D eigenvalue weighted by Gasteiger charge is 2.24. The van der Waals surface area contributed by atoms with Gasteiger partial charge in [-0.15, -0.1) is 0 Å². The van der Waals surface area contributed by atoms with Crippen LogP contribution in [-0.4, -0.2) is 53.2 Å². The lowest BCUT2D eigenvalue weighted by atomic mass is 9.95. The van der Waals surface area contributed by atoms with E-state index in [0.717, 1.165) is 55.1 Å². The summed E-state index contributed by atoms with van der Waals surface area (Å²) in [5.41, 5.74) is 3.48. The molecule has 0 bridgehead atoms. The lowest BCUT2D eigenvalue weighted by Crippen LogP contribution is -2.40. The Morgan fingerprint density at radius 3 is 2.08 bits per heavy atom. The van der Waals surface area contributed by atoms with E-state index in [1.807, 2.05) is 48.5 Å². The highest BCUT2D eigenvalue weighted by Crippen LogP contribution is 2.22. The number of rotatable bonds is 9. The molecule has 0 radical (unpaired) electrons. The zero-order valence-corrected chi connectivity index (χ0v) is 21.9. The largest absolute Gasteiger partial charge is 0.497 e. The van der Waals surface area contributed by atoms with Crippen LogP contribution in [0.3, 0.4) is 0 Å². The lowest BCUT2D eigenvalue weighted by Gasteiger charge is -2.31. The third-order valence-corrected chi connectivity index (χ3v) is 6.32. The van der Waals surface area contributed by atoms with Crippen molar-refractivity contribution in [1.29, 1.82) is 0 Å². The van der Waals surface area contributed by atoms with E-state index in [2.05, 4.69) is 40.5 Å². The van der Waals surface area contributed by atoms with Gasteiger partial charge in [-0.2, -0.15) is 0 Å². The van der Waals surface area contributed by atoms with E-state index in [4.69, 9.17) is 29.3 Å². The highest BCUT2D eigenvalue weighted by atomic mass is 16.5. The summed E-state index contributed by atoms with van der Waals surface area (Å²) in [7, 11) is 1.65. The molecular weight excluding hydrogens is 500 g/mol. The molecule has 0 aromatic heterocycles. The van der Waals surface area contributed by atoms with Crippen LogP contribution in [0, 0.1) is 5.92 Å². The van der Waals surface area contributed by atoms with Crippen LogP contribution < -0.4 is 14.8 Å². The summed E-state index contributed by atoms with van der Waals surface area (Å²) in [6.45, 7) is 3.86. The summed E-state index contributed by atoms with van der Waals surface area (Å²) in [5.74, 6) is -1.69. The Morgan fingerprint density at radius 2 is 1.46 bits per heavy atom. The van der Waals surface area contributed by atoms with Gasteiger partial charge in [-0.05, 0) is 66.9 Å². The number of methoxy groups -OCH3 is 1. The molecule has 1 saturated heterocycles. The van der Waals surface area contributed by atoms with Crippen LogP contribution in [-0.2, 0) is 34.1 Å². The molecule has 4 rings (SSSR count). The first-order valence-electron chi connectivity index (χ1n) is 12.7. The first-order chi connectivity index (χ1) is 18.8. The Hall–Kier alpha value is -4.37. The van der Waals surface area contributed by atoms with E-state index in [-0.39, 0.29) is 11.8 Å². The van der Waals surface area contributed by atoms with Gasteiger partial charge in [0.2, 0.25) is 5.91 Å². The van der Waals surface area contributed by atoms with Crippen molar-refractivity contribution in [3.05, 3.63) is 95.6 Å². The number of hydrogen-bond donors (Lipinski definition) is 3. The van der Waals surface area contributed by atoms with Gasteiger partial charge in [0.1, 0.15) is 18.1 Å². The quantitative estimate of drug-likeness (QED) is 0.353. The molecule has 1 fully saturated rings. The lowest BCUT2D eigenvalue weighted by molar-refractivity contribution is -0.159. The van der Waals surface area contributed by atoms with Gasteiger partial charge in [-0.3, -0.25) is 9.69 Å². The van der Waals surface area contributed by atoms with E-state index < -0.39 is 11.9 Å². The summed E-state index contributed by atoms with van der Waals surface area (Å²) in [6.07, 6.45) is 1.78. The third-order valence-electron chi connectivity index (χ3n) is 6.32. The van der Waals surface area contributed by atoms with Crippen molar-refractivity contribution in [2.45, 2.75) is 32.5 Å². The molecule has 1 aliphatic rings. The van der Waals surface area contributed by atoms with Crippen molar-refractivity contribution in [2.75, 3.05) is 20.2 Å². The number of nitrogens with zero attached hydrogens (tertiary/aromatic N) is 1. The Labute approximate surface area is 228 Å². The topological polar surface area (TPSA) is 125 Å². The van der Waals surface area contributed by atoms with Crippen LogP contribution in [0.1, 0.15) is 29.5 Å². The average molecular weight is 535 g/mol. The summed E-state index contributed by atoms with van der Waals surface area (Å²) >= 11 is 0. The molecular formula is C30H34N2O7. The summed E-state index contributed by atoms with van der Waals surface area (Å²) in [6, 6.07) is 26.3. The predicted octanol–water partition coefficient (Wildman–Crippen LogP) is 3.96. The number of nitrogens with one attached hydrogen (secondary N) is 1. The number of piperidine rings is 1. The van der Waals surface area contributed by atoms with E-state index in [9.17, 15) is 4.79 Å². The maximum Gasteiger partial charge on any atom is 0.414 e. The minimum atomic E-state index is -1.82. The number of hydrogen-bond acceptors (Lipinski definition) is 6. The van der Waals surface area contributed by atoms with E-state index in [1.54, 1.807) is 7.11 Å². The molecule has 0 spiro atoms. The van der Waals surface area contributed by atoms with E-state index >= 15 is 0 Å². The monoisotopic (exact) mass is 534 g/mol. The fourth-order valence-corrected chi connectivity index (χ4v) is 4.16. The molecule has 206 valence electrons. The minimum absolute atomic E-state index is 0.0834. The number of carbonyl (C=O) groups is 3. The molecule has 39 heavy (non-hydrogen) atoms. The molecule has 9 nitrogen and oxygen atoms in total. The summed E-state index contributed by atoms with van der Waals surface area (Å²) in [4.78, 5) is 33.2. The minimum Gasteiger partial charge on any atom is -0.497 e. The number of carboxylic acid groups (broad SMARTS) is 2. The van der Waals surface area contributed by atoms with Crippen molar-refractivity contribution in [1.82, 2.24) is 10.2 Å². The molecule has 0 saturated carbocycles. The molecule has 3 aromatic rings. The fourth-order valence-electron chi connectivity index (χ4n) is 4.16. The molecule has 9 heteroatoms. The number of carboxylic acids is 2. The van der Waals surface area contributed by atoms with Crippen LogP contribution in [0.2, 0.25) is 0 Å². The van der Waals surface area contributed by atoms with E-state index in [0.29, 0.717) is 13.2 Å². The van der Waals surface area contributed by atoms with Gasteiger partial charge < -0.3 is 25.0 Å². The molecule has 1 heterocycles. The number of amides is 1. The van der Waals surface area contributed by atoms with Crippen molar-refractivity contribution in [2.24, 2.45) is 5.92 Å². The van der Waals surface area contributed by atoms with Gasteiger partial charge in [-0.1, -0.05) is 54.6 Å². The third kappa shape index (κ3) is 10.1. The summed E-state index contributed by atoms with van der Waals surface area (Å²) in [5, 5.41) is 17.9. The molecule has 0 unspecified atom stereocenters. The molecule has 0 aliphatic carbocycles. The zero-order chi connectivity index (χ0) is 28.0. The molecule has 1 amide bonds. The van der Waals surface area contributed by atoms with Crippen LogP contribution in [0.25, 0.3) is 0 Å². The fraction of sp³-hybridized carbons (Fsp3) is 0.300. The van der Waals surface area contributed by atoms with Gasteiger partial charge in [0.25, 0.3) is 0 Å². The Morgan fingerprint density at radius 1 is 0.821 bits per heavy atom. The second-order valence-corrected chi connectivity index (χ2v) is 9.15. The second kappa shape index (κ2) is 15.1. The van der Waals surface area contributed by atoms with Crippen LogP contribution >= 0.6 is 0 Å². The van der Waals surface area contributed by atoms with Crippen molar-refractivity contribution in [3.63, 3.8) is 0 Å². The average Bonchev–Trinajstić information content (AvgIpc) is 2.96. The van der Waals surface area contributed by atoms with Crippen LogP contribution in [0.5, 0.6) is 11.5 Å². The van der Waals surface area contributed by atoms with Gasteiger partial charge in [0.15, 0.2) is 0 Å². The van der Waals surface area contributed by atoms with E-state index in [1.165, 1.54) is 5.56 Å². The SMILES string of the molecule is COc1ccc(CNC(=O)C2CCN(Cc3cccc(OCc4ccccc4)c3)CC2)cc1.O=C(O)C(=O)O. The van der Waals surface area contributed by atoms with Crippen molar-refractivity contribution < 1.29 is 34.1 Å².